The summed E-state index contributed by atoms with van der Waals surface area (Å²) in [5.41, 5.74) is 5.13. The van der Waals surface area contributed by atoms with Gasteiger partial charge in [-0.05, 0) is 0 Å². The normalized spacial score (nSPS) is 18.7. The Morgan fingerprint density at radius 3 is 3.00 bits per heavy atom. The zero-order valence-electron chi connectivity index (χ0n) is 19.0. The molecule has 0 spiro atoms. The first-order valence-electron chi connectivity index (χ1n) is 11.2. The summed E-state index contributed by atoms with van der Waals surface area (Å²) in [6.07, 6.45) is 5.70. The number of methoxy groups -OCH3 is 1. The number of ether oxygens (including phenoxy) is 1. The number of para-hydroxylation sites is 1. The van der Waals surface area contributed by atoms with Crippen LogP contribution in [0.5, 0.6) is 5.75 Å². The topological polar surface area (TPSA) is 94.3 Å². The van der Waals surface area contributed by atoms with Crippen LogP contribution in [0.2, 0.25) is 0 Å². The van der Waals surface area contributed by atoms with Crippen molar-refractivity contribution >= 4 is 23.0 Å². The molecule has 2 aromatic heterocycles. The number of pyridine rings is 1. The zero-order valence-corrected chi connectivity index (χ0v) is 21.2. The molecule has 0 unspecified atom stereocenters. The second-order valence-corrected chi connectivity index (χ2v) is 12.0. The number of rotatable bonds is 3. The van der Waals surface area contributed by atoms with Crippen LogP contribution in [-0.2, 0) is 0 Å². The maximum absolute atomic E-state index is 14.5. The maximum atomic E-state index is 14.5. The van der Waals surface area contributed by atoms with Crippen molar-refractivity contribution in [3.8, 4) is 17.0 Å². The van der Waals surface area contributed by atoms with Crippen LogP contribution in [0, 0.1) is 5.82 Å². The molecule has 1 amide bonds. The van der Waals surface area contributed by atoms with E-state index in [0.717, 1.165) is 48.6 Å². The Morgan fingerprint density at radius 2 is 2.15 bits per heavy atom. The van der Waals surface area contributed by atoms with Gasteiger partial charge in [0.15, 0.2) is 0 Å². The molecule has 4 N–H and O–H groups in total. The number of H-pyrrole nitrogens is 1. The minimum absolute atomic E-state index is 0.103. The van der Waals surface area contributed by atoms with Crippen molar-refractivity contribution in [2.45, 2.75) is 16.8 Å². The third-order valence-electron chi connectivity index (χ3n) is 6.03. The molecule has 34 heavy (non-hydrogen) atoms. The van der Waals surface area contributed by atoms with Gasteiger partial charge in [0.25, 0.3) is 0 Å². The van der Waals surface area contributed by atoms with Crippen LogP contribution in [-0.4, -0.2) is 52.8 Å². The number of alkyl halides is 1. The number of hydrogen-bond acceptors (Lipinski definition) is 6. The molecule has 0 fully saturated rings. The average molecular weight is 577 g/mol. The standard InChI is InChI=1S/C24H27FIN6O2/c1-32-11-4-3-9-28-18-13-27-10-8-14(18)20-22(30-17-7-5-6-15(25)23(17)34-2)19-21(31-20)16(26-32)12-29-24(19)33/h5-8,10,13,16,28,30-31H,3-4,9,11-12H2,1-2H3,(H,29,33)/q-1/t16-/m0/s1. The van der Waals surface area contributed by atoms with Crippen molar-refractivity contribution in [2.75, 3.05) is 44.4 Å². The summed E-state index contributed by atoms with van der Waals surface area (Å²) < 4.78 is 22.4. The van der Waals surface area contributed by atoms with E-state index < -0.39 is 5.82 Å². The number of fused-ring (bicyclic) bond motifs is 3. The van der Waals surface area contributed by atoms with Crippen molar-refractivity contribution in [2.24, 2.45) is 0 Å². The van der Waals surface area contributed by atoms with E-state index >= 15 is 0 Å². The van der Waals surface area contributed by atoms with Gasteiger partial charge in [0, 0.05) is 0 Å². The fourth-order valence-electron chi connectivity index (χ4n) is 4.40. The molecule has 4 heterocycles. The third-order valence-corrected chi connectivity index (χ3v) is 9.19. The number of halogens is 2. The van der Waals surface area contributed by atoms with E-state index in [4.69, 9.17) is 4.74 Å². The number of anilines is 3. The molecular formula is C24H27FIN6O2-. The summed E-state index contributed by atoms with van der Waals surface area (Å²) in [5.74, 6) is -0.513. The number of hydrogen-bond donors (Lipinski definition) is 4. The van der Waals surface area contributed by atoms with Gasteiger partial charge in [-0.3, -0.25) is 0 Å². The summed E-state index contributed by atoms with van der Waals surface area (Å²) in [6, 6.07) is 6.65. The number of carbonyl (C=O) groups excluding carboxylic acids is 1. The van der Waals surface area contributed by atoms with Gasteiger partial charge in [-0.25, -0.2) is 0 Å². The minimum atomic E-state index is -0.471. The van der Waals surface area contributed by atoms with E-state index in [1.807, 2.05) is 6.07 Å². The van der Waals surface area contributed by atoms with E-state index in [0.29, 0.717) is 23.5 Å². The van der Waals surface area contributed by atoms with Crippen LogP contribution in [0.3, 0.4) is 0 Å². The van der Waals surface area contributed by atoms with Crippen LogP contribution in [0.25, 0.3) is 11.3 Å². The number of aromatic amines is 1. The molecule has 2 aliphatic heterocycles. The van der Waals surface area contributed by atoms with Gasteiger partial charge in [-0.2, -0.15) is 0 Å². The number of carbonyl (C=O) groups is 1. The van der Waals surface area contributed by atoms with Crippen LogP contribution < -0.4 is 42.2 Å². The molecule has 10 heteroatoms. The molecule has 0 radical (unpaired) electrons. The average Bonchev–Trinajstić information content (AvgIpc) is 3.21. The molecule has 5 rings (SSSR count). The first-order valence-corrected chi connectivity index (χ1v) is 13.4. The van der Waals surface area contributed by atoms with Crippen molar-refractivity contribution in [1.29, 1.82) is 0 Å². The molecule has 0 aliphatic carbocycles. The van der Waals surface area contributed by atoms with E-state index in [-0.39, 0.29) is 37.1 Å². The van der Waals surface area contributed by atoms with Crippen LogP contribution in [0.15, 0.2) is 36.7 Å². The molecule has 180 valence electrons. The fraction of sp³-hybridized carbons (Fsp3) is 0.333. The van der Waals surface area contributed by atoms with E-state index in [1.165, 1.54) is 13.2 Å². The fourth-order valence-corrected chi connectivity index (χ4v) is 7.33. The second kappa shape index (κ2) is 9.79. The summed E-state index contributed by atoms with van der Waals surface area (Å²) >= 11 is -0.371. The van der Waals surface area contributed by atoms with Crippen LogP contribution in [0.1, 0.15) is 32.8 Å². The predicted octanol–water partition coefficient (Wildman–Crippen LogP) is 0.894. The number of amides is 1. The molecule has 1 aromatic carbocycles. The summed E-state index contributed by atoms with van der Waals surface area (Å²) in [6.45, 7) is 2.46. The van der Waals surface area contributed by atoms with Gasteiger partial charge in [0.2, 0.25) is 0 Å². The van der Waals surface area contributed by atoms with Crippen molar-refractivity contribution in [1.82, 2.24) is 18.4 Å². The summed E-state index contributed by atoms with van der Waals surface area (Å²) in [7, 11) is 3.60. The number of nitrogens with zero attached hydrogens (tertiary/aromatic N) is 2. The Hall–Kier alpha value is -2.86. The monoisotopic (exact) mass is 577 g/mol. The van der Waals surface area contributed by atoms with Crippen LogP contribution in [0.4, 0.5) is 21.5 Å². The first kappa shape index (κ1) is 22.9. The molecule has 2 bridgehead atoms. The Kier molecular flexibility index (Phi) is 6.59. The summed E-state index contributed by atoms with van der Waals surface area (Å²) in [4.78, 5) is 21.1. The van der Waals surface area contributed by atoms with Crippen molar-refractivity contribution in [3.05, 3.63) is 53.7 Å². The number of aromatic nitrogens is 2. The van der Waals surface area contributed by atoms with Gasteiger partial charge < -0.3 is 0 Å². The molecule has 8 nitrogen and oxygen atoms in total. The molecule has 0 saturated carbocycles. The Morgan fingerprint density at radius 1 is 1.26 bits per heavy atom. The zero-order chi connectivity index (χ0) is 23.7. The SMILES string of the molecule is COc1c(F)cccc1Nc1c2[nH]c3c1C(=O)NC[C@@H]3[I-]N(C)CCCCNc1cnccc1-2. The van der Waals surface area contributed by atoms with Crippen molar-refractivity contribution in [3.63, 3.8) is 0 Å². The predicted molar refractivity (Wildman–Crippen MR) is 126 cm³/mol. The summed E-state index contributed by atoms with van der Waals surface area (Å²) in [5, 5.41) is 9.92. The third kappa shape index (κ3) is 4.31. The second-order valence-electron chi connectivity index (χ2n) is 8.27. The van der Waals surface area contributed by atoms with Gasteiger partial charge in [0.1, 0.15) is 0 Å². The molecule has 3 aromatic rings. The van der Waals surface area contributed by atoms with Gasteiger partial charge in [-0.1, -0.05) is 0 Å². The quantitative estimate of drug-likeness (QED) is 0.210. The van der Waals surface area contributed by atoms with E-state index in [2.05, 4.69) is 36.1 Å². The number of benzene rings is 1. The Bertz CT molecular complexity index is 1220. The van der Waals surface area contributed by atoms with Crippen LogP contribution >= 0.6 is 0 Å². The van der Waals surface area contributed by atoms with E-state index in [9.17, 15) is 9.18 Å². The molecule has 1 atom stereocenters. The molecular weight excluding hydrogens is 550 g/mol. The molecule has 0 saturated heterocycles. The Labute approximate surface area is 208 Å². The van der Waals surface area contributed by atoms with Gasteiger partial charge in [0.05, 0.1) is 0 Å². The first-order chi connectivity index (χ1) is 16.6. The van der Waals surface area contributed by atoms with Gasteiger partial charge >= 0.3 is 209 Å². The van der Waals surface area contributed by atoms with E-state index in [1.54, 1.807) is 24.5 Å². The molecule has 2 aliphatic rings. The van der Waals surface area contributed by atoms with Crippen molar-refractivity contribution < 1.29 is 35.4 Å². The van der Waals surface area contributed by atoms with Gasteiger partial charge in [-0.15, -0.1) is 0 Å². The Balaban J connectivity index is 1.71. The number of nitrogens with one attached hydrogen (secondary N) is 4.